The standard InChI is InChI=1S/C20H30N2O6/c1-20(2,3)28-18(25)21-13-7-10-16(11-12-17(23)24)22-19(26)27-14-15-8-5-4-6-9-15/h4-6,8-9,16H,7,10-14H2,1-3H3,(H,21,25)(H,22,26)(H,23,24)/t16-/m0/s1. The molecule has 1 rings (SSSR count). The van der Waals surface area contributed by atoms with Crippen LogP contribution in [-0.4, -0.2) is 41.4 Å². The quantitative estimate of drug-likeness (QED) is 0.524. The van der Waals surface area contributed by atoms with E-state index in [9.17, 15) is 14.4 Å². The van der Waals surface area contributed by atoms with Gasteiger partial charge in [-0.3, -0.25) is 4.79 Å². The molecule has 0 fully saturated rings. The molecule has 0 aliphatic heterocycles. The third-order valence-corrected chi connectivity index (χ3v) is 3.64. The van der Waals surface area contributed by atoms with E-state index in [4.69, 9.17) is 14.6 Å². The van der Waals surface area contributed by atoms with Crippen molar-refractivity contribution in [3.8, 4) is 0 Å². The molecule has 156 valence electrons. The van der Waals surface area contributed by atoms with Crippen LogP contribution >= 0.6 is 0 Å². The van der Waals surface area contributed by atoms with Gasteiger partial charge in [0.1, 0.15) is 12.2 Å². The Balaban J connectivity index is 2.39. The van der Waals surface area contributed by atoms with Crippen molar-refractivity contribution in [3.05, 3.63) is 35.9 Å². The molecule has 0 heterocycles. The number of carboxylic acids is 1. The number of carboxylic acid groups (broad SMARTS) is 1. The molecule has 0 unspecified atom stereocenters. The SMILES string of the molecule is CC(C)(C)OC(=O)NCCC[C@@H](CCC(=O)O)NC(=O)OCc1ccccc1. The second kappa shape index (κ2) is 11.8. The molecule has 0 aliphatic carbocycles. The molecule has 8 heteroatoms. The molecule has 0 bridgehead atoms. The second-order valence-corrected chi connectivity index (χ2v) is 7.41. The number of nitrogens with one attached hydrogen (secondary N) is 2. The number of amides is 2. The number of hydrogen-bond donors (Lipinski definition) is 3. The third kappa shape index (κ3) is 11.8. The van der Waals surface area contributed by atoms with Crippen LogP contribution in [-0.2, 0) is 20.9 Å². The summed E-state index contributed by atoms with van der Waals surface area (Å²) in [7, 11) is 0. The van der Waals surface area contributed by atoms with E-state index in [2.05, 4.69) is 10.6 Å². The zero-order valence-corrected chi connectivity index (χ0v) is 16.7. The monoisotopic (exact) mass is 394 g/mol. The normalized spacial score (nSPS) is 12.0. The van der Waals surface area contributed by atoms with E-state index in [-0.39, 0.29) is 25.5 Å². The summed E-state index contributed by atoms with van der Waals surface area (Å²) in [5.74, 6) is -0.934. The molecule has 0 saturated carbocycles. The Bertz CT molecular complexity index is 627. The summed E-state index contributed by atoms with van der Waals surface area (Å²) < 4.78 is 10.3. The fourth-order valence-electron chi connectivity index (χ4n) is 2.37. The summed E-state index contributed by atoms with van der Waals surface area (Å²) in [4.78, 5) is 34.4. The van der Waals surface area contributed by atoms with E-state index in [0.29, 0.717) is 19.4 Å². The lowest BCUT2D eigenvalue weighted by Crippen LogP contribution is -2.37. The van der Waals surface area contributed by atoms with Crippen molar-refractivity contribution in [2.75, 3.05) is 6.54 Å². The van der Waals surface area contributed by atoms with E-state index in [0.717, 1.165) is 5.56 Å². The summed E-state index contributed by atoms with van der Waals surface area (Å²) in [6.07, 6.45) is 0.168. The summed E-state index contributed by atoms with van der Waals surface area (Å²) in [6.45, 7) is 5.83. The van der Waals surface area contributed by atoms with Gasteiger partial charge in [-0.05, 0) is 45.6 Å². The van der Waals surface area contributed by atoms with Gasteiger partial charge in [-0.25, -0.2) is 9.59 Å². The fourth-order valence-corrected chi connectivity index (χ4v) is 2.37. The molecule has 3 N–H and O–H groups in total. The third-order valence-electron chi connectivity index (χ3n) is 3.64. The lowest BCUT2D eigenvalue weighted by Gasteiger charge is -2.20. The van der Waals surface area contributed by atoms with Crippen molar-refractivity contribution in [1.82, 2.24) is 10.6 Å². The molecule has 0 aliphatic rings. The van der Waals surface area contributed by atoms with Gasteiger partial charge >= 0.3 is 18.2 Å². The minimum atomic E-state index is -0.934. The Morgan fingerprint density at radius 3 is 2.36 bits per heavy atom. The average molecular weight is 394 g/mol. The minimum Gasteiger partial charge on any atom is -0.481 e. The first-order valence-electron chi connectivity index (χ1n) is 9.31. The van der Waals surface area contributed by atoms with Crippen LogP contribution in [0.25, 0.3) is 0 Å². The zero-order valence-electron chi connectivity index (χ0n) is 16.7. The molecule has 0 aromatic heterocycles. The molecule has 0 saturated heterocycles. The van der Waals surface area contributed by atoms with Crippen molar-refractivity contribution < 1.29 is 29.0 Å². The number of benzene rings is 1. The Morgan fingerprint density at radius 2 is 1.75 bits per heavy atom. The van der Waals surface area contributed by atoms with Crippen LogP contribution in [0.1, 0.15) is 52.0 Å². The van der Waals surface area contributed by atoms with Crippen molar-refractivity contribution in [3.63, 3.8) is 0 Å². The fraction of sp³-hybridized carbons (Fsp3) is 0.550. The van der Waals surface area contributed by atoms with Gasteiger partial charge in [0, 0.05) is 19.0 Å². The van der Waals surface area contributed by atoms with E-state index in [1.807, 2.05) is 30.3 Å². The van der Waals surface area contributed by atoms with Crippen molar-refractivity contribution in [1.29, 1.82) is 0 Å². The van der Waals surface area contributed by atoms with E-state index < -0.39 is 23.8 Å². The first-order chi connectivity index (χ1) is 13.2. The number of alkyl carbamates (subject to hydrolysis) is 2. The Morgan fingerprint density at radius 1 is 1.07 bits per heavy atom. The van der Waals surface area contributed by atoms with Crippen molar-refractivity contribution in [2.24, 2.45) is 0 Å². The van der Waals surface area contributed by atoms with Gasteiger partial charge in [0.15, 0.2) is 0 Å². The first-order valence-corrected chi connectivity index (χ1v) is 9.31. The van der Waals surface area contributed by atoms with Crippen LogP contribution in [0.5, 0.6) is 0 Å². The van der Waals surface area contributed by atoms with Gasteiger partial charge in [0.2, 0.25) is 0 Å². The highest BCUT2D eigenvalue weighted by Crippen LogP contribution is 2.08. The number of ether oxygens (including phenoxy) is 2. The number of carbonyl (C=O) groups excluding carboxylic acids is 2. The highest BCUT2D eigenvalue weighted by molar-refractivity contribution is 5.69. The van der Waals surface area contributed by atoms with Crippen molar-refractivity contribution in [2.45, 2.75) is 64.7 Å². The summed E-state index contributed by atoms with van der Waals surface area (Å²) in [5.41, 5.74) is 0.291. The Labute approximate surface area is 165 Å². The highest BCUT2D eigenvalue weighted by Gasteiger charge is 2.17. The van der Waals surface area contributed by atoms with Gasteiger partial charge in [-0.1, -0.05) is 30.3 Å². The van der Waals surface area contributed by atoms with Gasteiger partial charge in [0.25, 0.3) is 0 Å². The lowest BCUT2D eigenvalue weighted by molar-refractivity contribution is -0.137. The Kier molecular flexibility index (Phi) is 9.84. The molecule has 0 radical (unpaired) electrons. The molecule has 0 spiro atoms. The van der Waals surface area contributed by atoms with Crippen LogP contribution in [0, 0.1) is 0 Å². The summed E-state index contributed by atoms with van der Waals surface area (Å²) >= 11 is 0. The maximum atomic E-state index is 12.0. The molecule has 1 aromatic carbocycles. The molecule has 8 nitrogen and oxygen atoms in total. The van der Waals surface area contributed by atoms with E-state index >= 15 is 0 Å². The Hall–Kier alpha value is -2.77. The van der Waals surface area contributed by atoms with Crippen LogP contribution in [0.3, 0.4) is 0 Å². The number of hydrogen-bond acceptors (Lipinski definition) is 5. The number of carbonyl (C=O) groups is 3. The molecule has 1 atom stereocenters. The van der Waals surface area contributed by atoms with Crippen LogP contribution in [0.4, 0.5) is 9.59 Å². The smallest absolute Gasteiger partial charge is 0.407 e. The molecule has 2 amide bonds. The summed E-state index contributed by atoms with van der Waals surface area (Å²) in [5, 5.41) is 14.2. The maximum absolute atomic E-state index is 12.0. The van der Waals surface area contributed by atoms with E-state index in [1.54, 1.807) is 20.8 Å². The largest absolute Gasteiger partial charge is 0.481 e. The van der Waals surface area contributed by atoms with Crippen LogP contribution < -0.4 is 10.6 Å². The molecular weight excluding hydrogens is 364 g/mol. The first kappa shape index (κ1) is 23.3. The highest BCUT2D eigenvalue weighted by atomic mass is 16.6. The van der Waals surface area contributed by atoms with Gasteiger partial charge in [-0.15, -0.1) is 0 Å². The topological polar surface area (TPSA) is 114 Å². The molecule has 1 aromatic rings. The maximum Gasteiger partial charge on any atom is 0.407 e. The van der Waals surface area contributed by atoms with Crippen molar-refractivity contribution >= 4 is 18.2 Å². The van der Waals surface area contributed by atoms with Crippen LogP contribution in [0.15, 0.2) is 30.3 Å². The zero-order chi connectivity index (χ0) is 21.0. The van der Waals surface area contributed by atoms with Gasteiger partial charge < -0.3 is 25.2 Å². The number of rotatable bonds is 10. The second-order valence-electron chi connectivity index (χ2n) is 7.41. The summed E-state index contributed by atoms with van der Waals surface area (Å²) in [6, 6.07) is 8.90. The van der Waals surface area contributed by atoms with E-state index in [1.165, 1.54) is 0 Å². The predicted octanol–water partition coefficient (Wildman–Crippen LogP) is 3.45. The van der Waals surface area contributed by atoms with Gasteiger partial charge in [-0.2, -0.15) is 0 Å². The minimum absolute atomic E-state index is 0.0663. The number of aliphatic carboxylic acids is 1. The average Bonchev–Trinajstić information content (AvgIpc) is 2.60. The molecular formula is C20H30N2O6. The molecule has 28 heavy (non-hydrogen) atoms. The lowest BCUT2D eigenvalue weighted by atomic mass is 10.1. The van der Waals surface area contributed by atoms with Crippen LogP contribution in [0.2, 0.25) is 0 Å². The van der Waals surface area contributed by atoms with Gasteiger partial charge in [0.05, 0.1) is 0 Å². The predicted molar refractivity (Wildman–Crippen MR) is 104 cm³/mol.